The van der Waals surface area contributed by atoms with Gasteiger partial charge >= 0.3 is 0 Å². The molecule has 0 aliphatic heterocycles. The topological polar surface area (TPSA) is 96.4 Å². The molecule has 0 radical (unpaired) electrons. The Labute approximate surface area is 200 Å². The van der Waals surface area contributed by atoms with Crippen LogP contribution in [0.2, 0.25) is 0 Å². The van der Waals surface area contributed by atoms with E-state index < -0.39 is 10.0 Å². The minimum atomic E-state index is -3.61. The quantitative estimate of drug-likeness (QED) is 0.496. The highest BCUT2D eigenvalue weighted by Gasteiger charge is 2.34. The number of nitrogens with one attached hydrogen (secondary N) is 1. The van der Waals surface area contributed by atoms with E-state index in [0.717, 1.165) is 31.4 Å². The largest absolute Gasteiger partial charge is 0.298 e. The summed E-state index contributed by atoms with van der Waals surface area (Å²) in [5, 5.41) is 3.14. The van der Waals surface area contributed by atoms with Crippen LogP contribution in [0.25, 0.3) is 0 Å². The van der Waals surface area contributed by atoms with E-state index in [-0.39, 0.29) is 22.0 Å². The van der Waals surface area contributed by atoms with Crippen molar-refractivity contribution >= 4 is 38.2 Å². The fourth-order valence-electron chi connectivity index (χ4n) is 3.89. The van der Waals surface area contributed by atoms with E-state index in [4.69, 9.17) is 0 Å². The monoisotopic (exact) mass is 491 g/mol. The van der Waals surface area contributed by atoms with Gasteiger partial charge in [-0.1, -0.05) is 51.9 Å². The van der Waals surface area contributed by atoms with E-state index in [9.17, 15) is 18.0 Å². The summed E-state index contributed by atoms with van der Waals surface area (Å²) in [6.07, 6.45) is 4.61. The smallest absolute Gasteiger partial charge is 0.257 e. The molecule has 1 aromatic carbocycles. The molecular weight excluding hydrogens is 458 g/mol. The van der Waals surface area contributed by atoms with Crippen LogP contribution in [0.4, 0.5) is 5.13 Å². The fraction of sp³-hybridized carbons (Fsp3) is 0.542. The van der Waals surface area contributed by atoms with Gasteiger partial charge in [-0.25, -0.2) is 13.4 Å². The summed E-state index contributed by atoms with van der Waals surface area (Å²) in [7, 11) is -3.61. The molecule has 1 aliphatic carbocycles. The Kier molecular flexibility index (Phi) is 8.08. The fourth-order valence-corrected chi connectivity index (χ4v) is 6.32. The standard InChI is InChI=1S/C24H33N3O4S2/c1-5-7-13-27(14-8-6-2)33(30,31)18-11-9-17(10-12-18)22(29)26-23-25-19-15-24(3,4)16-20(28)21(19)32-23/h9-12H,5-8,13-16H2,1-4H3,(H,25,26,29). The zero-order valence-corrected chi connectivity index (χ0v) is 21.4. The third-order valence-corrected chi connectivity index (χ3v) is 8.70. The van der Waals surface area contributed by atoms with Gasteiger partial charge in [0.05, 0.1) is 15.5 Å². The number of unbranched alkanes of at least 4 members (excludes halogenated alkanes) is 2. The molecule has 33 heavy (non-hydrogen) atoms. The number of carbonyl (C=O) groups excluding carboxylic acids is 2. The molecule has 2 aromatic rings. The molecule has 0 unspecified atom stereocenters. The average Bonchev–Trinajstić information content (AvgIpc) is 3.15. The number of sulfonamides is 1. The van der Waals surface area contributed by atoms with Crippen molar-refractivity contribution in [1.29, 1.82) is 0 Å². The van der Waals surface area contributed by atoms with Crippen LogP contribution in [0, 0.1) is 5.41 Å². The molecular formula is C24H33N3O4S2. The lowest BCUT2D eigenvalue weighted by Crippen LogP contribution is -2.33. The van der Waals surface area contributed by atoms with Crippen molar-refractivity contribution in [1.82, 2.24) is 9.29 Å². The highest BCUT2D eigenvalue weighted by atomic mass is 32.2. The number of aromatic nitrogens is 1. The number of thiazole rings is 1. The number of hydrogen-bond donors (Lipinski definition) is 1. The maximum atomic E-state index is 13.1. The van der Waals surface area contributed by atoms with Crippen molar-refractivity contribution in [3.8, 4) is 0 Å². The Morgan fingerprint density at radius 1 is 1.09 bits per heavy atom. The maximum absolute atomic E-state index is 13.1. The second-order valence-corrected chi connectivity index (χ2v) is 12.3. The van der Waals surface area contributed by atoms with Gasteiger partial charge in [0.2, 0.25) is 10.0 Å². The summed E-state index contributed by atoms with van der Waals surface area (Å²) < 4.78 is 27.7. The van der Waals surface area contributed by atoms with E-state index in [1.165, 1.54) is 39.9 Å². The Morgan fingerprint density at radius 2 is 1.70 bits per heavy atom. The van der Waals surface area contributed by atoms with Gasteiger partial charge in [-0.15, -0.1) is 0 Å². The lowest BCUT2D eigenvalue weighted by Gasteiger charge is -2.26. The minimum absolute atomic E-state index is 0.0597. The van der Waals surface area contributed by atoms with E-state index in [1.807, 2.05) is 27.7 Å². The highest BCUT2D eigenvalue weighted by molar-refractivity contribution is 7.89. The average molecular weight is 492 g/mol. The predicted octanol–water partition coefficient (Wildman–Crippen LogP) is 5.14. The Bertz CT molecular complexity index is 1100. The van der Waals surface area contributed by atoms with Crippen LogP contribution in [0.3, 0.4) is 0 Å². The summed E-state index contributed by atoms with van der Waals surface area (Å²) in [6, 6.07) is 5.99. The van der Waals surface area contributed by atoms with Crippen LogP contribution in [0.1, 0.15) is 85.5 Å². The first-order valence-electron chi connectivity index (χ1n) is 11.5. The highest BCUT2D eigenvalue weighted by Crippen LogP contribution is 2.38. The SMILES string of the molecule is CCCCN(CCCC)S(=O)(=O)c1ccc(C(=O)Nc2nc3c(s2)C(=O)CC(C)(C)C3)cc1. The molecule has 0 atom stereocenters. The van der Waals surface area contributed by atoms with Crippen LogP contribution in [0.5, 0.6) is 0 Å². The zero-order valence-electron chi connectivity index (χ0n) is 19.8. The summed E-state index contributed by atoms with van der Waals surface area (Å²) in [5.41, 5.74) is 0.933. The Morgan fingerprint density at radius 3 is 2.27 bits per heavy atom. The van der Waals surface area contributed by atoms with E-state index in [2.05, 4.69) is 10.3 Å². The Hall–Kier alpha value is -2.10. The number of hydrogen-bond acceptors (Lipinski definition) is 6. The molecule has 1 aliphatic rings. The third kappa shape index (κ3) is 6.07. The van der Waals surface area contributed by atoms with Gasteiger partial charge in [0.1, 0.15) is 0 Å². The van der Waals surface area contributed by atoms with Crippen LogP contribution < -0.4 is 5.32 Å². The van der Waals surface area contributed by atoms with Gasteiger partial charge in [0.15, 0.2) is 10.9 Å². The molecule has 3 rings (SSSR count). The van der Waals surface area contributed by atoms with Crippen LogP contribution in [0.15, 0.2) is 29.2 Å². The second-order valence-electron chi connectivity index (χ2n) is 9.33. The molecule has 1 heterocycles. The number of carbonyl (C=O) groups is 2. The van der Waals surface area contributed by atoms with Crippen LogP contribution in [-0.4, -0.2) is 42.5 Å². The number of ketones is 1. The summed E-state index contributed by atoms with van der Waals surface area (Å²) in [6.45, 7) is 9.12. The molecule has 0 bridgehead atoms. The van der Waals surface area contributed by atoms with Crippen molar-refractivity contribution in [3.05, 3.63) is 40.4 Å². The first-order valence-corrected chi connectivity index (χ1v) is 13.8. The number of anilines is 1. The number of rotatable bonds is 10. The van der Waals surface area contributed by atoms with E-state index >= 15 is 0 Å². The Balaban J connectivity index is 1.73. The molecule has 7 nitrogen and oxygen atoms in total. The molecule has 1 aromatic heterocycles. The maximum Gasteiger partial charge on any atom is 0.257 e. The number of Topliss-reactive ketones (excluding diaryl/α,β-unsaturated/α-hetero) is 1. The van der Waals surface area contributed by atoms with Gasteiger partial charge in [0, 0.05) is 25.1 Å². The first kappa shape index (κ1) is 25.5. The molecule has 0 saturated carbocycles. The minimum Gasteiger partial charge on any atom is -0.298 e. The summed E-state index contributed by atoms with van der Waals surface area (Å²) in [5.74, 6) is -0.324. The molecule has 0 fully saturated rings. The van der Waals surface area contributed by atoms with E-state index in [1.54, 1.807) is 0 Å². The molecule has 0 spiro atoms. The van der Waals surface area contributed by atoms with Crippen molar-refractivity contribution in [2.24, 2.45) is 5.41 Å². The summed E-state index contributed by atoms with van der Waals surface area (Å²) in [4.78, 5) is 30.4. The molecule has 1 amide bonds. The van der Waals surface area contributed by atoms with Crippen molar-refractivity contribution in [3.63, 3.8) is 0 Å². The molecule has 1 N–H and O–H groups in total. The van der Waals surface area contributed by atoms with Gasteiger partial charge in [-0.2, -0.15) is 4.31 Å². The number of amides is 1. The van der Waals surface area contributed by atoms with Gasteiger partial charge in [-0.3, -0.25) is 14.9 Å². The molecule has 9 heteroatoms. The zero-order chi connectivity index (χ0) is 24.2. The van der Waals surface area contributed by atoms with E-state index in [0.29, 0.717) is 41.5 Å². The number of benzene rings is 1. The normalized spacial score (nSPS) is 15.5. The van der Waals surface area contributed by atoms with Crippen molar-refractivity contribution in [2.75, 3.05) is 18.4 Å². The number of nitrogens with zero attached hydrogens (tertiary/aromatic N) is 2. The van der Waals surface area contributed by atoms with Crippen molar-refractivity contribution < 1.29 is 18.0 Å². The third-order valence-electron chi connectivity index (χ3n) is 5.73. The lowest BCUT2D eigenvalue weighted by atomic mass is 9.78. The second kappa shape index (κ2) is 10.4. The molecule has 180 valence electrons. The number of fused-ring (bicyclic) bond motifs is 1. The van der Waals surface area contributed by atoms with Gasteiger partial charge in [0.25, 0.3) is 5.91 Å². The predicted molar refractivity (Wildman–Crippen MR) is 132 cm³/mol. The lowest BCUT2D eigenvalue weighted by molar-refractivity contribution is 0.0915. The molecule has 0 saturated heterocycles. The van der Waals surface area contributed by atoms with Crippen LogP contribution in [-0.2, 0) is 16.4 Å². The van der Waals surface area contributed by atoms with Gasteiger partial charge < -0.3 is 0 Å². The summed E-state index contributed by atoms with van der Waals surface area (Å²) >= 11 is 1.20. The van der Waals surface area contributed by atoms with Gasteiger partial charge in [-0.05, 0) is 48.9 Å². The first-order chi connectivity index (χ1) is 15.6. The van der Waals surface area contributed by atoms with Crippen LogP contribution >= 0.6 is 11.3 Å². The van der Waals surface area contributed by atoms with Crippen molar-refractivity contribution in [2.45, 2.75) is 71.1 Å².